The maximum atomic E-state index is 14.2. The van der Waals surface area contributed by atoms with Crippen LogP contribution in [0.5, 0.6) is 0 Å². The van der Waals surface area contributed by atoms with Crippen molar-refractivity contribution in [3.63, 3.8) is 0 Å². The summed E-state index contributed by atoms with van der Waals surface area (Å²) in [7, 11) is 0. The van der Waals surface area contributed by atoms with Crippen molar-refractivity contribution >= 4 is 28.6 Å². The van der Waals surface area contributed by atoms with Crippen LogP contribution in [-0.2, 0) is 6.42 Å². The maximum absolute atomic E-state index is 14.2. The van der Waals surface area contributed by atoms with Gasteiger partial charge in [0.2, 0.25) is 0 Å². The number of benzene rings is 2. The summed E-state index contributed by atoms with van der Waals surface area (Å²) in [6, 6.07) is 7.47. The van der Waals surface area contributed by atoms with Crippen molar-refractivity contribution in [1.82, 2.24) is 25.1 Å². The van der Waals surface area contributed by atoms with Crippen molar-refractivity contribution in [3.8, 4) is 5.95 Å². The van der Waals surface area contributed by atoms with Gasteiger partial charge in [-0.05, 0) is 24.6 Å². The van der Waals surface area contributed by atoms with Crippen LogP contribution in [0, 0.1) is 17.5 Å². The second-order valence-electron chi connectivity index (χ2n) is 7.29. The molecule has 1 amide bonds. The first kappa shape index (κ1) is 21.9. The third-order valence-electron chi connectivity index (χ3n) is 5.05. The number of nitrogens with one attached hydrogen (secondary N) is 1. The van der Waals surface area contributed by atoms with Gasteiger partial charge in [-0.25, -0.2) is 18.0 Å². The molecule has 0 fully saturated rings. The number of amides is 1. The Morgan fingerprint density at radius 1 is 1.15 bits per heavy atom. The average molecular weight is 457 g/mol. The summed E-state index contributed by atoms with van der Waals surface area (Å²) in [6.45, 7) is 1.54. The lowest BCUT2D eigenvalue weighted by atomic mass is 10.1. The molecule has 4 aromatic rings. The van der Waals surface area contributed by atoms with Gasteiger partial charge in [-0.2, -0.15) is 19.7 Å². The minimum atomic E-state index is -1.29. The highest BCUT2D eigenvalue weighted by Gasteiger charge is 2.22. The van der Waals surface area contributed by atoms with E-state index in [0.717, 1.165) is 6.07 Å². The van der Waals surface area contributed by atoms with Crippen molar-refractivity contribution in [1.29, 1.82) is 0 Å². The van der Waals surface area contributed by atoms with Crippen molar-refractivity contribution in [3.05, 3.63) is 70.7 Å². The third kappa shape index (κ3) is 4.10. The molecule has 0 bridgehead atoms. The minimum absolute atomic E-state index is 0.00961. The number of hydrogen-bond donors (Lipinski definition) is 4. The lowest BCUT2D eigenvalue weighted by molar-refractivity contribution is 0.191. The highest BCUT2D eigenvalue weighted by molar-refractivity contribution is 5.83. The molecule has 0 saturated carbocycles. The van der Waals surface area contributed by atoms with E-state index in [2.05, 4.69) is 20.4 Å². The lowest BCUT2D eigenvalue weighted by Gasteiger charge is -2.16. The Labute approximate surface area is 184 Å². The molecule has 1 atom stereocenters. The number of anilines is 2. The van der Waals surface area contributed by atoms with E-state index in [9.17, 15) is 18.0 Å². The van der Waals surface area contributed by atoms with Crippen LogP contribution in [0.2, 0.25) is 0 Å². The fourth-order valence-electron chi connectivity index (χ4n) is 3.62. The molecule has 4 rings (SSSR count). The predicted octanol–water partition coefficient (Wildman–Crippen LogP) is 3.32. The van der Waals surface area contributed by atoms with Crippen LogP contribution in [0.15, 0.2) is 36.4 Å². The number of halogens is 3. The molecule has 1 unspecified atom stereocenters. The summed E-state index contributed by atoms with van der Waals surface area (Å²) < 4.78 is 42.9. The molecule has 2 heterocycles. The zero-order valence-electron chi connectivity index (χ0n) is 17.2. The summed E-state index contributed by atoms with van der Waals surface area (Å²) in [5.41, 5.74) is 12.9. The quantitative estimate of drug-likeness (QED) is 0.336. The van der Waals surface area contributed by atoms with Crippen molar-refractivity contribution in [2.45, 2.75) is 19.4 Å². The van der Waals surface area contributed by atoms with Crippen LogP contribution >= 0.6 is 0 Å². The number of carbonyl (C=O) groups is 1. The summed E-state index contributed by atoms with van der Waals surface area (Å²) in [5.74, 6) is -3.49. The molecule has 0 aliphatic carbocycles. The Kier molecular flexibility index (Phi) is 5.50. The van der Waals surface area contributed by atoms with E-state index in [-0.39, 0.29) is 35.1 Å². The zero-order chi connectivity index (χ0) is 23.9. The second-order valence-corrected chi connectivity index (χ2v) is 7.29. The van der Waals surface area contributed by atoms with Crippen LogP contribution in [-0.4, -0.2) is 30.9 Å². The largest absolute Gasteiger partial charge is 0.465 e. The van der Waals surface area contributed by atoms with Crippen molar-refractivity contribution in [2.75, 3.05) is 11.5 Å². The smallest absolute Gasteiger partial charge is 0.405 e. The Morgan fingerprint density at radius 2 is 1.82 bits per heavy atom. The molecule has 2 aromatic carbocycles. The molecule has 33 heavy (non-hydrogen) atoms. The Hall–Kier alpha value is -4.35. The number of aromatic nitrogens is 4. The summed E-state index contributed by atoms with van der Waals surface area (Å²) >= 11 is 0. The van der Waals surface area contributed by atoms with Gasteiger partial charge in [-0.3, -0.25) is 0 Å². The van der Waals surface area contributed by atoms with Gasteiger partial charge < -0.3 is 21.9 Å². The summed E-state index contributed by atoms with van der Waals surface area (Å²) in [6.07, 6.45) is -1.47. The zero-order valence-corrected chi connectivity index (χ0v) is 17.2. The standard InChI is InChI=1S/C21H18F3N7O2/c1-9(27-21(32)33)16-18(25)28-20(29-19(16)26)31-15-5-3-2-4-12(15)14(30-31)7-10-6-11(22)8-13(23)17(10)24/h2-6,8-9,27H,7H2,1H3,(H,32,33)(H4,25,26,28,29). The molecule has 170 valence electrons. The van der Waals surface area contributed by atoms with Gasteiger partial charge in [0, 0.05) is 17.9 Å². The van der Waals surface area contributed by atoms with E-state index in [1.165, 1.54) is 11.6 Å². The number of rotatable bonds is 5. The van der Waals surface area contributed by atoms with Crippen LogP contribution in [0.3, 0.4) is 0 Å². The SMILES string of the molecule is CC(NC(=O)O)c1c(N)nc(-n2nc(Cc3cc(F)cc(F)c3F)c3ccccc32)nc1N. The first-order chi connectivity index (χ1) is 15.7. The molecule has 0 saturated heterocycles. The number of nitrogens with two attached hydrogens (primary N) is 2. The number of fused-ring (bicyclic) bond motifs is 1. The van der Waals surface area contributed by atoms with Crippen molar-refractivity contribution in [2.24, 2.45) is 0 Å². The third-order valence-corrected chi connectivity index (χ3v) is 5.05. The van der Waals surface area contributed by atoms with E-state index in [1.54, 1.807) is 24.3 Å². The molecule has 0 aliphatic rings. The Bertz CT molecular complexity index is 1370. The number of hydrogen-bond acceptors (Lipinski definition) is 6. The lowest BCUT2D eigenvalue weighted by Crippen LogP contribution is -2.27. The first-order valence-electron chi connectivity index (χ1n) is 9.68. The van der Waals surface area contributed by atoms with Crippen LogP contribution in [0.4, 0.5) is 29.6 Å². The van der Waals surface area contributed by atoms with E-state index >= 15 is 0 Å². The number of nitrogens with zero attached hydrogens (tertiary/aromatic N) is 4. The van der Waals surface area contributed by atoms with Gasteiger partial charge >= 0.3 is 6.09 Å². The van der Waals surface area contributed by atoms with Gasteiger partial charge in [0.15, 0.2) is 11.6 Å². The van der Waals surface area contributed by atoms with Crippen LogP contribution in [0.25, 0.3) is 16.9 Å². The molecule has 0 aliphatic heterocycles. The Balaban J connectivity index is 1.81. The maximum Gasteiger partial charge on any atom is 0.405 e. The van der Waals surface area contributed by atoms with E-state index in [0.29, 0.717) is 22.7 Å². The highest BCUT2D eigenvalue weighted by Crippen LogP contribution is 2.28. The molecule has 0 radical (unpaired) electrons. The normalized spacial score (nSPS) is 12.1. The molecular formula is C21H18F3N7O2. The fraction of sp³-hybridized carbons (Fsp3) is 0.143. The molecule has 9 nitrogen and oxygen atoms in total. The van der Waals surface area contributed by atoms with E-state index in [1.807, 2.05) is 0 Å². The predicted molar refractivity (Wildman–Crippen MR) is 114 cm³/mol. The first-order valence-corrected chi connectivity index (χ1v) is 9.68. The van der Waals surface area contributed by atoms with E-state index in [4.69, 9.17) is 16.6 Å². The number of carboxylic acid groups (broad SMARTS) is 1. The summed E-state index contributed by atoms with van der Waals surface area (Å²) in [4.78, 5) is 19.4. The van der Waals surface area contributed by atoms with Gasteiger partial charge in [-0.1, -0.05) is 18.2 Å². The van der Waals surface area contributed by atoms with Gasteiger partial charge in [0.25, 0.3) is 5.95 Å². The molecular weight excluding hydrogens is 439 g/mol. The van der Waals surface area contributed by atoms with Crippen molar-refractivity contribution < 1.29 is 23.1 Å². The van der Waals surface area contributed by atoms with Crippen LogP contribution in [0.1, 0.15) is 29.8 Å². The van der Waals surface area contributed by atoms with Gasteiger partial charge in [0.05, 0.1) is 22.8 Å². The fourth-order valence-corrected chi connectivity index (χ4v) is 3.62. The molecule has 12 heteroatoms. The highest BCUT2D eigenvalue weighted by atomic mass is 19.2. The van der Waals surface area contributed by atoms with Crippen LogP contribution < -0.4 is 16.8 Å². The van der Waals surface area contributed by atoms with E-state index < -0.39 is 29.6 Å². The molecule has 6 N–H and O–H groups in total. The summed E-state index contributed by atoms with van der Waals surface area (Å²) in [5, 5.41) is 16.2. The second kappa shape index (κ2) is 8.30. The Morgan fingerprint density at radius 3 is 2.48 bits per heavy atom. The average Bonchev–Trinajstić information content (AvgIpc) is 3.09. The number of nitrogen functional groups attached to an aromatic ring is 2. The van der Waals surface area contributed by atoms with Gasteiger partial charge in [-0.15, -0.1) is 0 Å². The molecule has 0 spiro atoms. The minimum Gasteiger partial charge on any atom is -0.465 e. The topological polar surface area (TPSA) is 145 Å². The molecule has 2 aromatic heterocycles. The van der Waals surface area contributed by atoms with Gasteiger partial charge in [0.1, 0.15) is 17.5 Å². The number of para-hydroxylation sites is 1. The monoisotopic (exact) mass is 457 g/mol.